The van der Waals surface area contributed by atoms with Crippen molar-refractivity contribution in [1.29, 1.82) is 0 Å². The molecule has 0 aromatic heterocycles. The normalized spacial score (nSPS) is 14.3. The van der Waals surface area contributed by atoms with Crippen LogP contribution in [0.25, 0.3) is 5.83 Å². The Bertz CT molecular complexity index is 1110. The van der Waals surface area contributed by atoms with Gasteiger partial charge >= 0.3 is 12.4 Å². The third kappa shape index (κ3) is 7.84. The van der Waals surface area contributed by atoms with E-state index in [2.05, 4.69) is 5.32 Å². The van der Waals surface area contributed by atoms with Crippen molar-refractivity contribution in [2.75, 3.05) is 6.54 Å². The van der Waals surface area contributed by atoms with E-state index in [-0.39, 0.29) is 21.1 Å². The van der Waals surface area contributed by atoms with E-state index in [0.29, 0.717) is 6.07 Å². The van der Waals surface area contributed by atoms with Crippen molar-refractivity contribution >= 4 is 46.4 Å². The molecule has 192 valence electrons. The van der Waals surface area contributed by atoms with E-state index in [9.17, 15) is 35.5 Å². The molecule has 0 saturated heterocycles. The Balaban J connectivity index is 2.55. The van der Waals surface area contributed by atoms with E-state index in [1.807, 2.05) is 0 Å². The van der Waals surface area contributed by atoms with Crippen LogP contribution >= 0.6 is 34.8 Å². The van der Waals surface area contributed by atoms with Crippen molar-refractivity contribution in [3.05, 3.63) is 73.7 Å². The number of halogens is 10. The van der Waals surface area contributed by atoms with E-state index < -0.39 is 64.2 Å². The molecule has 35 heavy (non-hydrogen) atoms. The zero-order valence-electron chi connectivity index (χ0n) is 18.4. The van der Waals surface area contributed by atoms with Crippen LogP contribution in [0.2, 0.25) is 15.1 Å². The van der Waals surface area contributed by atoms with Gasteiger partial charge in [0.2, 0.25) is 0 Å². The maximum absolute atomic E-state index is 14.9. The Kier molecular flexibility index (Phi) is 8.96. The first-order chi connectivity index (χ1) is 15.8. The molecule has 0 amide bonds. The summed E-state index contributed by atoms with van der Waals surface area (Å²) in [6.45, 7) is 4.67. The van der Waals surface area contributed by atoms with Gasteiger partial charge in [0.25, 0.3) is 0 Å². The fourth-order valence-electron chi connectivity index (χ4n) is 2.99. The monoisotopic (exact) mass is 563 g/mol. The van der Waals surface area contributed by atoms with Crippen molar-refractivity contribution in [3.8, 4) is 0 Å². The number of alkyl halides is 6. The molecule has 0 radical (unpaired) electrons. The van der Waals surface area contributed by atoms with Crippen LogP contribution in [0.15, 0.2) is 36.4 Å². The summed E-state index contributed by atoms with van der Waals surface area (Å²) in [4.78, 5) is 12.4. The predicted octanol–water partition coefficient (Wildman–Crippen LogP) is 8.89. The van der Waals surface area contributed by atoms with Crippen molar-refractivity contribution in [1.82, 2.24) is 5.32 Å². The minimum atomic E-state index is -5.07. The molecule has 0 heterocycles. The molecule has 1 N–H and O–H groups in total. The number of ketones is 1. The van der Waals surface area contributed by atoms with Crippen LogP contribution in [0.5, 0.6) is 0 Å². The molecule has 0 bridgehead atoms. The van der Waals surface area contributed by atoms with Gasteiger partial charge in [0.1, 0.15) is 11.7 Å². The first-order valence-corrected chi connectivity index (χ1v) is 11.0. The fourth-order valence-corrected chi connectivity index (χ4v) is 3.60. The number of rotatable bonds is 6. The van der Waals surface area contributed by atoms with Crippen LogP contribution in [-0.2, 0) is 6.18 Å². The van der Waals surface area contributed by atoms with Crippen LogP contribution in [0.3, 0.4) is 0 Å². The molecule has 0 aliphatic carbocycles. The predicted molar refractivity (Wildman–Crippen MR) is 123 cm³/mol. The molecule has 12 heteroatoms. The Morgan fingerprint density at radius 2 is 1.51 bits per heavy atom. The molecular weight excluding hydrogens is 546 g/mol. The Hall–Kier alpha value is -1.81. The summed E-state index contributed by atoms with van der Waals surface area (Å²) < 4.78 is 96.9. The second kappa shape index (κ2) is 10.7. The van der Waals surface area contributed by atoms with Crippen LogP contribution < -0.4 is 5.32 Å². The average molecular weight is 565 g/mol. The summed E-state index contributed by atoms with van der Waals surface area (Å²) in [6.07, 6.45) is -10.0. The smallest absolute Gasteiger partial charge is 0.305 e. The van der Waals surface area contributed by atoms with Crippen molar-refractivity contribution in [2.45, 2.75) is 44.6 Å². The maximum atomic E-state index is 14.9. The van der Waals surface area contributed by atoms with Gasteiger partial charge in [-0.05, 0) is 50.6 Å². The minimum Gasteiger partial charge on any atom is -0.305 e. The van der Waals surface area contributed by atoms with E-state index in [1.54, 1.807) is 20.8 Å². The van der Waals surface area contributed by atoms with E-state index in [1.165, 1.54) is 0 Å². The van der Waals surface area contributed by atoms with Gasteiger partial charge in [0.05, 0.1) is 27.2 Å². The number of Topliss-reactive ketones (excluding diaryl/α,β-unsaturated/α-hetero) is 1. The molecule has 2 nitrogen and oxygen atoms in total. The van der Waals surface area contributed by atoms with Gasteiger partial charge in [-0.15, -0.1) is 0 Å². The topological polar surface area (TPSA) is 29.1 Å². The quantitative estimate of drug-likeness (QED) is 0.216. The summed E-state index contributed by atoms with van der Waals surface area (Å²) in [5.74, 6) is -5.10. The van der Waals surface area contributed by atoms with Gasteiger partial charge in [-0.3, -0.25) is 4.79 Å². The lowest BCUT2D eigenvalue weighted by Gasteiger charge is -2.21. The molecule has 0 aliphatic heterocycles. The summed E-state index contributed by atoms with van der Waals surface area (Å²) in [6, 6.07) is 3.51. The largest absolute Gasteiger partial charge is 0.417 e. The molecule has 1 unspecified atom stereocenters. The van der Waals surface area contributed by atoms with Gasteiger partial charge < -0.3 is 5.32 Å². The zero-order chi connectivity index (χ0) is 26.9. The molecule has 2 aromatic carbocycles. The first kappa shape index (κ1) is 29.4. The highest BCUT2D eigenvalue weighted by molar-refractivity contribution is 6.48. The first-order valence-electron chi connectivity index (χ1n) is 9.89. The van der Waals surface area contributed by atoms with Gasteiger partial charge in [0, 0.05) is 16.7 Å². The lowest BCUT2D eigenvalue weighted by atomic mass is 9.95. The summed E-state index contributed by atoms with van der Waals surface area (Å²) in [7, 11) is 0. The standard InChI is InChI=1S/C23H19Cl3F7NO/c1-21(2,3)34-10-19(35)13-5-4-11(6-15(13)23(31,32)33)18(27)9-14(22(28,29)30)12-7-16(24)20(26)17(25)8-12/h4-9,14,34H,10H2,1-3H3/b18-9-. The SMILES string of the molecule is CC(C)(C)NCC(=O)c1ccc(/C(F)=C/C(c2cc(Cl)c(Cl)c(Cl)c2)C(F)(F)F)cc1C(F)(F)F. The Morgan fingerprint density at radius 1 is 0.971 bits per heavy atom. The molecule has 0 saturated carbocycles. The molecule has 0 spiro atoms. The number of benzene rings is 2. The molecule has 0 fully saturated rings. The molecular formula is C23H19Cl3F7NO. The summed E-state index contributed by atoms with van der Waals surface area (Å²) >= 11 is 17.3. The fraction of sp³-hybridized carbons (Fsp3) is 0.348. The van der Waals surface area contributed by atoms with E-state index >= 15 is 0 Å². The van der Waals surface area contributed by atoms with Crippen LogP contribution in [0.1, 0.15) is 53.7 Å². The molecule has 0 aliphatic rings. The van der Waals surface area contributed by atoms with Gasteiger partial charge in [-0.1, -0.05) is 46.9 Å². The van der Waals surface area contributed by atoms with Crippen molar-refractivity contribution in [3.63, 3.8) is 0 Å². The lowest BCUT2D eigenvalue weighted by Crippen LogP contribution is -2.39. The molecule has 2 rings (SSSR count). The van der Waals surface area contributed by atoms with Crippen LogP contribution in [0.4, 0.5) is 30.7 Å². The van der Waals surface area contributed by atoms with Crippen LogP contribution in [0, 0.1) is 0 Å². The number of allylic oxidation sites excluding steroid dienone is 1. The highest BCUT2D eigenvalue weighted by Gasteiger charge is 2.41. The second-order valence-electron chi connectivity index (χ2n) is 8.62. The van der Waals surface area contributed by atoms with Crippen molar-refractivity contribution in [2.24, 2.45) is 0 Å². The van der Waals surface area contributed by atoms with E-state index in [0.717, 1.165) is 24.3 Å². The lowest BCUT2D eigenvalue weighted by molar-refractivity contribution is -0.140. The third-order valence-electron chi connectivity index (χ3n) is 4.71. The zero-order valence-corrected chi connectivity index (χ0v) is 20.7. The number of nitrogens with one attached hydrogen (secondary N) is 1. The second-order valence-corrected chi connectivity index (χ2v) is 9.81. The highest BCUT2D eigenvalue weighted by Crippen LogP contribution is 2.42. The van der Waals surface area contributed by atoms with Gasteiger partial charge in [-0.2, -0.15) is 26.3 Å². The van der Waals surface area contributed by atoms with Crippen molar-refractivity contribution < 1.29 is 35.5 Å². The van der Waals surface area contributed by atoms with E-state index in [4.69, 9.17) is 34.8 Å². The number of hydrogen-bond donors (Lipinski definition) is 1. The molecule has 2 aromatic rings. The van der Waals surface area contributed by atoms with Gasteiger partial charge in [-0.25, -0.2) is 4.39 Å². The number of carbonyl (C=O) groups excluding carboxylic acids is 1. The third-order valence-corrected chi connectivity index (χ3v) is 5.91. The maximum Gasteiger partial charge on any atom is 0.417 e. The Morgan fingerprint density at radius 3 is 1.97 bits per heavy atom. The molecule has 1 atom stereocenters. The Labute approximate surface area is 212 Å². The van der Waals surface area contributed by atoms with Crippen LogP contribution in [-0.4, -0.2) is 24.0 Å². The average Bonchev–Trinajstić information content (AvgIpc) is 2.71. The minimum absolute atomic E-state index is 0.105. The number of hydrogen-bond acceptors (Lipinski definition) is 2. The highest BCUT2D eigenvalue weighted by atomic mass is 35.5. The number of carbonyl (C=O) groups is 1. The summed E-state index contributed by atoms with van der Waals surface area (Å²) in [5.41, 5.74) is -4.14. The summed E-state index contributed by atoms with van der Waals surface area (Å²) in [5, 5.41) is 1.91. The van der Waals surface area contributed by atoms with Gasteiger partial charge in [0.15, 0.2) is 5.78 Å².